The molecule has 0 spiro atoms. The summed E-state index contributed by atoms with van der Waals surface area (Å²) in [6, 6.07) is 6.65. The van der Waals surface area contributed by atoms with Gasteiger partial charge in [-0.15, -0.1) is 0 Å². The number of ketones is 1. The first-order valence-electron chi connectivity index (χ1n) is 6.99. The fourth-order valence-electron chi connectivity index (χ4n) is 2.29. The van der Waals surface area contributed by atoms with Crippen LogP contribution in [0.3, 0.4) is 0 Å². The van der Waals surface area contributed by atoms with E-state index >= 15 is 0 Å². The molecule has 1 aromatic heterocycles. The molecule has 0 saturated carbocycles. The van der Waals surface area contributed by atoms with E-state index in [0.29, 0.717) is 34.6 Å². The highest BCUT2D eigenvalue weighted by Gasteiger charge is 2.13. The number of rotatable bonds is 5. The van der Waals surface area contributed by atoms with Gasteiger partial charge in [-0.05, 0) is 38.0 Å². The van der Waals surface area contributed by atoms with Crippen LogP contribution in [0.2, 0.25) is 0 Å². The van der Waals surface area contributed by atoms with E-state index in [1.54, 1.807) is 38.1 Å². The summed E-state index contributed by atoms with van der Waals surface area (Å²) < 4.78 is 5.32. The number of hydrogen-bond donors (Lipinski definition) is 0. The molecule has 0 unspecified atom stereocenters. The van der Waals surface area contributed by atoms with Gasteiger partial charge in [0.1, 0.15) is 11.5 Å². The molecule has 5 nitrogen and oxygen atoms in total. The molecule has 22 heavy (non-hydrogen) atoms. The number of hydrogen-bond acceptors (Lipinski definition) is 4. The minimum atomic E-state index is -0.401. The Hall–Kier alpha value is -2.69. The molecular weight excluding hydrogens is 282 g/mol. The first-order valence-corrected chi connectivity index (χ1v) is 6.99. The van der Waals surface area contributed by atoms with Crippen molar-refractivity contribution in [1.82, 2.24) is 0 Å². The van der Waals surface area contributed by atoms with Crippen LogP contribution in [0.15, 0.2) is 34.8 Å². The van der Waals surface area contributed by atoms with Gasteiger partial charge in [0.25, 0.3) is 5.69 Å². The van der Waals surface area contributed by atoms with E-state index in [1.165, 1.54) is 12.1 Å². The second-order valence-corrected chi connectivity index (χ2v) is 5.02. The Morgan fingerprint density at radius 1 is 1.32 bits per heavy atom. The third kappa shape index (κ3) is 3.31. The number of nitro benzene ring substituents is 1. The summed E-state index contributed by atoms with van der Waals surface area (Å²) in [5.41, 5.74) is 1.88. The molecule has 5 heteroatoms. The van der Waals surface area contributed by atoms with E-state index < -0.39 is 4.92 Å². The van der Waals surface area contributed by atoms with Gasteiger partial charge in [-0.3, -0.25) is 14.9 Å². The lowest BCUT2D eigenvalue weighted by Crippen LogP contribution is -1.96. The normalized spacial score (nSPS) is 11.0. The Kier molecular flexibility index (Phi) is 4.56. The van der Waals surface area contributed by atoms with Gasteiger partial charge in [0.2, 0.25) is 0 Å². The van der Waals surface area contributed by atoms with Gasteiger partial charge in [0.15, 0.2) is 5.78 Å². The number of allylic oxidation sites excluding steroid dienone is 1. The molecule has 0 saturated heterocycles. The smallest absolute Gasteiger partial charge is 0.273 e. The predicted octanol–water partition coefficient (Wildman–Crippen LogP) is 4.26. The quantitative estimate of drug-likeness (QED) is 0.358. The maximum absolute atomic E-state index is 12.1. The van der Waals surface area contributed by atoms with E-state index in [4.69, 9.17) is 4.42 Å². The summed E-state index contributed by atoms with van der Waals surface area (Å²) in [5, 5.41) is 11.0. The summed E-state index contributed by atoms with van der Waals surface area (Å²) >= 11 is 0. The lowest BCUT2D eigenvalue weighted by atomic mass is 10.1. The van der Waals surface area contributed by atoms with Crippen molar-refractivity contribution in [2.45, 2.75) is 27.2 Å². The Balaban J connectivity index is 2.26. The number of furan rings is 1. The minimum absolute atomic E-state index is 0.0763. The molecular formula is C17H17NO4. The van der Waals surface area contributed by atoms with Gasteiger partial charge in [-0.2, -0.15) is 0 Å². The summed E-state index contributed by atoms with van der Waals surface area (Å²) in [4.78, 5) is 22.8. The number of benzene rings is 1. The molecule has 0 fully saturated rings. The molecule has 0 N–H and O–H groups in total. The van der Waals surface area contributed by atoms with Crippen LogP contribution in [0.25, 0.3) is 6.08 Å². The van der Waals surface area contributed by atoms with Crippen molar-refractivity contribution in [3.8, 4) is 0 Å². The molecule has 1 heterocycles. The molecule has 2 rings (SSSR count). The van der Waals surface area contributed by atoms with Crippen molar-refractivity contribution in [3.05, 3.63) is 68.7 Å². The molecule has 1 aromatic carbocycles. The zero-order valence-electron chi connectivity index (χ0n) is 12.8. The second kappa shape index (κ2) is 6.39. The number of nitro groups is 1. The van der Waals surface area contributed by atoms with Crippen molar-refractivity contribution in [2.75, 3.05) is 0 Å². The summed E-state index contributed by atoms with van der Waals surface area (Å²) in [6.45, 7) is 5.38. The average Bonchev–Trinajstić information content (AvgIpc) is 2.83. The Morgan fingerprint density at radius 3 is 2.59 bits per heavy atom. The molecule has 0 atom stereocenters. The van der Waals surface area contributed by atoms with Crippen LogP contribution in [-0.2, 0) is 6.42 Å². The van der Waals surface area contributed by atoms with Crippen molar-refractivity contribution in [3.63, 3.8) is 0 Å². The molecule has 0 aliphatic rings. The van der Waals surface area contributed by atoms with E-state index in [0.717, 1.165) is 0 Å². The fraction of sp³-hybridized carbons (Fsp3) is 0.235. The van der Waals surface area contributed by atoms with Crippen LogP contribution in [0.4, 0.5) is 5.69 Å². The van der Waals surface area contributed by atoms with E-state index in [-0.39, 0.29) is 11.5 Å². The van der Waals surface area contributed by atoms with Gasteiger partial charge in [0.05, 0.1) is 10.5 Å². The monoisotopic (exact) mass is 299 g/mol. The highest BCUT2D eigenvalue weighted by atomic mass is 16.6. The van der Waals surface area contributed by atoms with Gasteiger partial charge < -0.3 is 4.42 Å². The molecule has 0 bridgehead atoms. The molecule has 2 aromatic rings. The molecule has 0 aliphatic carbocycles. The molecule has 0 radical (unpaired) electrons. The molecule has 114 valence electrons. The van der Waals surface area contributed by atoms with Crippen LogP contribution in [-0.4, -0.2) is 10.7 Å². The standard InChI is InChI=1S/C17H17NO4/c1-4-14-7-5-13(10-16(14)18(20)21)6-8-17(19)15-9-11(2)22-12(15)3/h5-10H,4H2,1-3H3/b8-6+. The average molecular weight is 299 g/mol. The number of carbonyl (C=O) groups is 1. The zero-order chi connectivity index (χ0) is 16.3. The van der Waals surface area contributed by atoms with Crippen LogP contribution in [0.5, 0.6) is 0 Å². The van der Waals surface area contributed by atoms with E-state index in [2.05, 4.69) is 0 Å². The number of carbonyl (C=O) groups excluding carboxylic acids is 1. The minimum Gasteiger partial charge on any atom is -0.466 e. The van der Waals surface area contributed by atoms with Crippen molar-refractivity contribution < 1.29 is 14.1 Å². The third-order valence-electron chi connectivity index (χ3n) is 3.42. The maximum atomic E-state index is 12.1. The van der Waals surface area contributed by atoms with E-state index in [9.17, 15) is 14.9 Å². The third-order valence-corrected chi connectivity index (χ3v) is 3.42. The number of nitrogens with zero attached hydrogens (tertiary/aromatic N) is 1. The predicted molar refractivity (Wildman–Crippen MR) is 84.0 cm³/mol. The van der Waals surface area contributed by atoms with Gasteiger partial charge in [-0.1, -0.05) is 25.1 Å². The van der Waals surface area contributed by atoms with Crippen LogP contribution >= 0.6 is 0 Å². The molecule has 0 aliphatic heterocycles. The summed E-state index contributed by atoms with van der Waals surface area (Å²) in [5.74, 6) is 1.06. The highest BCUT2D eigenvalue weighted by Crippen LogP contribution is 2.22. The van der Waals surface area contributed by atoms with Crippen molar-refractivity contribution in [2.24, 2.45) is 0 Å². The second-order valence-electron chi connectivity index (χ2n) is 5.02. The van der Waals surface area contributed by atoms with Crippen molar-refractivity contribution >= 4 is 17.5 Å². The Bertz CT molecular complexity index is 756. The highest BCUT2D eigenvalue weighted by molar-refractivity contribution is 6.07. The fourth-order valence-corrected chi connectivity index (χ4v) is 2.29. The van der Waals surface area contributed by atoms with Crippen LogP contribution in [0.1, 0.15) is 39.9 Å². The topological polar surface area (TPSA) is 73.3 Å². The first kappa shape index (κ1) is 15.7. The summed E-state index contributed by atoms with van der Waals surface area (Å²) in [6.07, 6.45) is 3.57. The molecule has 0 amide bonds. The summed E-state index contributed by atoms with van der Waals surface area (Å²) in [7, 11) is 0. The lowest BCUT2D eigenvalue weighted by Gasteiger charge is -2.01. The van der Waals surface area contributed by atoms with Gasteiger partial charge in [0, 0.05) is 11.6 Å². The van der Waals surface area contributed by atoms with Gasteiger partial charge in [-0.25, -0.2) is 0 Å². The van der Waals surface area contributed by atoms with Crippen LogP contribution in [0, 0.1) is 24.0 Å². The first-order chi connectivity index (χ1) is 10.4. The lowest BCUT2D eigenvalue weighted by molar-refractivity contribution is -0.385. The largest absolute Gasteiger partial charge is 0.466 e. The zero-order valence-corrected chi connectivity index (χ0v) is 12.8. The van der Waals surface area contributed by atoms with Gasteiger partial charge >= 0.3 is 0 Å². The van der Waals surface area contributed by atoms with Crippen LogP contribution < -0.4 is 0 Å². The van der Waals surface area contributed by atoms with E-state index in [1.807, 2.05) is 6.92 Å². The number of aryl methyl sites for hydroxylation is 3. The SMILES string of the molecule is CCc1ccc(/C=C/C(=O)c2cc(C)oc2C)cc1[N+](=O)[O-]. The Morgan fingerprint density at radius 2 is 2.05 bits per heavy atom. The van der Waals surface area contributed by atoms with Crippen molar-refractivity contribution in [1.29, 1.82) is 0 Å². The Labute approximate surface area is 128 Å². The maximum Gasteiger partial charge on any atom is 0.273 e.